The van der Waals surface area contributed by atoms with Crippen LogP contribution in [0.4, 0.5) is 0 Å². The van der Waals surface area contributed by atoms with Crippen LogP contribution in [0.1, 0.15) is 52.5 Å². The van der Waals surface area contributed by atoms with E-state index in [0.29, 0.717) is 45.0 Å². The van der Waals surface area contributed by atoms with Gasteiger partial charge in [0.1, 0.15) is 17.3 Å². The van der Waals surface area contributed by atoms with Gasteiger partial charge in [-0.1, -0.05) is 160 Å². The first-order valence-corrected chi connectivity index (χ1v) is 23.5. The van der Waals surface area contributed by atoms with Crippen LogP contribution in [0.3, 0.4) is 0 Å². The summed E-state index contributed by atoms with van der Waals surface area (Å²) in [5.41, 5.74) is 9.25. The van der Waals surface area contributed by atoms with Gasteiger partial charge in [0.05, 0.1) is 40.3 Å². The first kappa shape index (κ1) is 32.1. The summed E-state index contributed by atoms with van der Waals surface area (Å²) in [5, 5.41) is 2.12. The molecule has 0 spiro atoms. The van der Waals surface area contributed by atoms with Crippen molar-refractivity contribution in [1.82, 2.24) is 14.1 Å². The number of nitrogens with zero attached hydrogens (tertiary/aromatic N) is 4. The number of hydrogen-bond donors (Lipinski definition) is 0. The molecule has 0 saturated carbocycles. The second kappa shape index (κ2) is 16.4. The number of pyridine rings is 1. The molecule has 4 heterocycles. The summed E-state index contributed by atoms with van der Waals surface area (Å²) in [4.78, 5) is 4.87. The van der Waals surface area contributed by atoms with E-state index in [1.54, 1.807) is 12.1 Å². The Balaban J connectivity index is 1.08. The number of aryl methyl sites for hydroxylation is 2. The maximum absolute atomic E-state index is 9.55. The third kappa shape index (κ3) is 6.99. The Bertz CT molecular complexity index is 4580. The van der Waals surface area contributed by atoms with E-state index in [9.17, 15) is 2.74 Å². The normalized spacial score (nSPS) is 14.6. The molecule has 0 bridgehead atoms. The lowest BCUT2D eigenvalue weighted by molar-refractivity contribution is -0.570. The number of hydrogen-bond acceptors (Lipinski definition) is 2. The Morgan fingerprint density at radius 1 is 0.549 bits per heavy atom. The van der Waals surface area contributed by atoms with Crippen molar-refractivity contribution in [1.29, 1.82) is 0 Å². The van der Waals surface area contributed by atoms with E-state index in [1.165, 1.54) is 18.2 Å². The highest BCUT2D eigenvalue weighted by Gasteiger charge is 2.28. The van der Waals surface area contributed by atoms with Gasteiger partial charge in [0.15, 0.2) is 0 Å². The molecule has 0 radical (unpaired) electrons. The summed E-state index contributed by atoms with van der Waals surface area (Å²) < 4.78 is 111. The van der Waals surface area contributed by atoms with Crippen molar-refractivity contribution < 1.29 is 24.4 Å². The minimum Gasteiger partial charge on any atom is -0.458 e. The van der Waals surface area contributed by atoms with Crippen LogP contribution in [0, 0.1) is 20.0 Å². The van der Waals surface area contributed by atoms with Crippen molar-refractivity contribution in [3.8, 4) is 84.3 Å². The molecule has 0 aliphatic carbocycles. The van der Waals surface area contributed by atoms with Gasteiger partial charge >= 0.3 is 0 Å². The molecule has 0 atom stereocenters. The molecule has 9 aromatic carbocycles. The molecule has 5 heteroatoms. The Kier molecular flexibility index (Phi) is 7.42. The lowest BCUT2D eigenvalue weighted by Gasteiger charge is -2.22. The Morgan fingerprint density at radius 3 is 1.94 bits per heavy atom. The van der Waals surface area contributed by atoms with Crippen molar-refractivity contribution >= 4 is 32.8 Å². The van der Waals surface area contributed by atoms with E-state index >= 15 is 0 Å². The smallest absolute Gasteiger partial charge is 0.269 e. The number of para-hydroxylation sites is 2. The van der Waals surface area contributed by atoms with Gasteiger partial charge in [-0.2, -0.15) is 0 Å². The number of ether oxygens (including phenoxy) is 1. The molecule has 0 fully saturated rings. The van der Waals surface area contributed by atoms with Gasteiger partial charge in [-0.15, -0.1) is 0 Å². The van der Waals surface area contributed by atoms with Crippen molar-refractivity contribution in [3.05, 3.63) is 235 Å². The quantitative estimate of drug-likeness (QED) is 0.123. The highest BCUT2D eigenvalue weighted by Crippen LogP contribution is 2.47. The van der Waals surface area contributed by atoms with Crippen LogP contribution in [-0.4, -0.2) is 14.1 Å². The first-order valence-electron chi connectivity index (χ1n) is 29.0. The summed E-state index contributed by atoms with van der Waals surface area (Å²) >= 11 is 0. The monoisotopic (exact) mass is 925 g/mol. The van der Waals surface area contributed by atoms with Crippen molar-refractivity contribution in [2.75, 3.05) is 0 Å². The van der Waals surface area contributed by atoms with Crippen LogP contribution >= 0.6 is 0 Å². The average molecular weight is 926 g/mol. The van der Waals surface area contributed by atoms with E-state index in [4.69, 9.17) is 22.1 Å². The summed E-state index contributed by atoms with van der Waals surface area (Å²) in [5.74, 6) is 1.90. The Labute approximate surface area is 429 Å². The molecular weight excluding hydrogens is 865 g/mol. The number of fused-ring (bicyclic) bond motifs is 10. The predicted octanol–water partition coefficient (Wildman–Crippen LogP) is 16.6. The average Bonchev–Trinajstić information content (AvgIpc) is 1.84. The fourth-order valence-electron chi connectivity index (χ4n) is 10.4. The third-order valence-corrected chi connectivity index (χ3v) is 13.7. The third-order valence-electron chi connectivity index (χ3n) is 13.7. The summed E-state index contributed by atoms with van der Waals surface area (Å²) in [6.07, 6.45) is 5.54. The molecular formula is C66H50N4O. The van der Waals surface area contributed by atoms with Crippen LogP contribution in [0.2, 0.25) is 0 Å². The zero-order chi connectivity index (χ0) is 57.3. The lowest BCUT2D eigenvalue weighted by Crippen LogP contribution is -2.32. The highest BCUT2D eigenvalue weighted by atomic mass is 16.5. The largest absolute Gasteiger partial charge is 0.458 e. The summed E-state index contributed by atoms with van der Waals surface area (Å²) in [7, 11) is 0. The second-order valence-electron chi connectivity index (χ2n) is 19.0. The van der Waals surface area contributed by atoms with Crippen LogP contribution in [0.15, 0.2) is 212 Å². The van der Waals surface area contributed by atoms with Gasteiger partial charge in [-0.05, 0) is 152 Å². The topological polar surface area (TPSA) is 35.9 Å². The summed E-state index contributed by atoms with van der Waals surface area (Å²) in [6.45, 7) is 0.966. The molecule has 5 nitrogen and oxygen atoms in total. The maximum Gasteiger partial charge on any atom is 0.269 e. The molecule has 340 valence electrons. The van der Waals surface area contributed by atoms with Crippen molar-refractivity contribution in [3.63, 3.8) is 0 Å². The molecule has 1 aliphatic heterocycles. The van der Waals surface area contributed by atoms with Gasteiger partial charge < -0.3 is 4.74 Å². The van der Waals surface area contributed by atoms with Crippen molar-refractivity contribution in [2.24, 2.45) is 0 Å². The van der Waals surface area contributed by atoms with E-state index in [2.05, 4.69) is 62.0 Å². The zero-order valence-electron chi connectivity index (χ0n) is 50.0. The van der Waals surface area contributed by atoms with Crippen LogP contribution in [0.5, 0.6) is 11.5 Å². The fraction of sp³-hybridized carbons (Fsp3) is 0.0909. The zero-order valence-corrected chi connectivity index (χ0v) is 39.0. The van der Waals surface area contributed by atoms with Crippen molar-refractivity contribution in [2.45, 2.75) is 39.9 Å². The van der Waals surface area contributed by atoms with Gasteiger partial charge in [0.25, 0.3) is 6.33 Å². The fourth-order valence-corrected chi connectivity index (χ4v) is 10.4. The second-order valence-corrected chi connectivity index (χ2v) is 19.0. The predicted molar refractivity (Wildman–Crippen MR) is 291 cm³/mol. The molecule has 71 heavy (non-hydrogen) atoms. The van der Waals surface area contributed by atoms with Crippen LogP contribution < -0.4 is 9.30 Å². The van der Waals surface area contributed by atoms with Gasteiger partial charge in [0, 0.05) is 31.3 Å². The van der Waals surface area contributed by atoms with E-state index in [-0.39, 0.29) is 38.8 Å². The minimum atomic E-state index is -2.79. The number of imidazole rings is 1. The summed E-state index contributed by atoms with van der Waals surface area (Å²) in [6, 6.07) is 52.5. The van der Waals surface area contributed by atoms with Gasteiger partial charge in [-0.3, -0.25) is 13.7 Å². The molecule has 13 rings (SSSR count). The van der Waals surface area contributed by atoms with Gasteiger partial charge in [0.2, 0.25) is 0 Å². The van der Waals surface area contributed by atoms with Crippen LogP contribution in [0.25, 0.3) is 106 Å². The molecule has 0 saturated heterocycles. The number of rotatable bonds is 6. The van der Waals surface area contributed by atoms with Gasteiger partial charge in [-0.25, -0.2) is 4.98 Å². The van der Waals surface area contributed by atoms with Crippen LogP contribution in [-0.2, 0) is 5.41 Å². The molecule has 3 aromatic heterocycles. The van der Waals surface area contributed by atoms with E-state index in [1.807, 2.05) is 131 Å². The molecule has 0 unspecified atom stereocenters. The Hall–Kier alpha value is -8.80. The number of aromatic nitrogens is 4. The standard InChI is InChI=1S/C66H50N4O/c1-42-18-15-19-43(2)63(42)45-36-57(44-20-7-6-8-21-44)64-58(37-45)53-27-12-10-25-51(53)50-24-9-11-26-52(50)56-29-17-31-60-65(56)69(64)41-68(60)47-22-16-23-48(39-47)71-49-32-33-55-54-28-13-14-30-59(54)70(61(55)40-49)62-38-46(34-35-67-62)66(3,4)5/h6-40H,1-5H3/i1D3,2D3,6D,7D,8D,20D,21D. The molecule has 1 aliphatic rings. The minimum absolute atomic E-state index is 0.0717. The number of benzene rings is 9. The SMILES string of the molecule is [2H]c1c([2H])c([2H])c(-c2cc(-c3c(C([2H])([2H])[2H])cccc3C([2H])([2H])[2H])cc3c2-[n+]2[c-]n(-c4cccc(Oc5ccc6c7ccccc7n(-c7cc(C(C)(C)C)ccn7)c6c5)c4)c4cccc(c42)-c2ccccc2-c2ccccc2-3)c([2H])c1[2H]. The first-order chi connectivity index (χ1) is 39.2. The molecule has 0 N–H and O–H groups in total. The maximum atomic E-state index is 9.55. The highest BCUT2D eigenvalue weighted by molar-refractivity contribution is 6.09. The molecule has 12 aromatic rings. The Morgan fingerprint density at radius 2 is 1.18 bits per heavy atom. The lowest BCUT2D eigenvalue weighted by atomic mass is 9.85. The van der Waals surface area contributed by atoms with E-state index in [0.717, 1.165) is 55.4 Å². The van der Waals surface area contributed by atoms with E-state index < -0.39 is 43.9 Å². The molecule has 0 amide bonds.